The summed E-state index contributed by atoms with van der Waals surface area (Å²) in [5, 5.41) is 13.5. The van der Waals surface area contributed by atoms with E-state index in [0.29, 0.717) is 40.7 Å². The molecule has 0 aliphatic carbocycles. The Kier molecular flexibility index (Phi) is 5.12. The molecule has 0 saturated carbocycles. The van der Waals surface area contributed by atoms with Crippen LogP contribution in [0.1, 0.15) is 20.8 Å². The van der Waals surface area contributed by atoms with Crippen molar-refractivity contribution in [1.29, 1.82) is 0 Å². The van der Waals surface area contributed by atoms with E-state index in [4.69, 9.17) is 16.3 Å². The Hall–Kier alpha value is -1.14. The first kappa shape index (κ1) is 17.2. The van der Waals surface area contributed by atoms with Crippen LogP contribution in [0.5, 0.6) is 5.75 Å². The predicted molar refractivity (Wildman–Crippen MR) is 90.6 cm³/mol. The minimum absolute atomic E-state index is 0.139. The van der Waals surface area contributed by atoms with Gasteiger partial charge in [0.2, 0.25) is 0 Å². The third-order valence-electron chi connectivity index (χ3n) is 3.23. The molecule has 0 aromatic heterocycles. The smallest absolute Gasteiger partial charge is 0.410 e. The average molecular weight is 392 g/mol. The van der Waals surface area contributed by atoms with E-state index in [1.165, 1.54) is 0 Å². The Balaban J connectivity index is 1.79. The zero-order valence-electron chi connectivity index (χ0n) is 12.8. The molecule has 0 unspecified atom stereocenters. The van der Waals surface area contributed by atoms with Gasteiger partial charge in [-0.05, 0) is 48.8 Å². The summed E-state index contributed by atoms with van der Waals surface area (Å²) in [5.41, 5.74) is 0.115. The van der Waals surface area contributed by atoms with Crippen molar-refractivity contribution in [3.05, 3.63) is 21.6 Å². The Morgan fingerprint density at radius 3 is 2.73 bits per heavy atom. The molecule has 5 nitrogen and oxygen atoms in total. The highest BCUT2D eigenvalue weighted by atomic mass is 79.9. The Bertz CT molecular complexity index is 569. The number of nitrogens with one attached hydrogen (secondary N) is 1. The van der Waals surface area contributed by atoms with Crippen molar-refractivity contribution in [3.8, 4) is 5.75 Å². The molecule has 2 N–H and O–H groups in total. The summed E-state index contributed by atoms with van der Waals surface area (Å²) < 4.78 is 5.95. The molecule has 0 spiro atoms. The van der Waals surface area contributed by atoms with Crippen LogP contribution < -0.4 is 5.32 Å². The molecule has 1 saturated heterocycles. The van der Waals surface area contributed by atoms with E-state index in [9.17, 15) is 9.90 Å². The quantitative estimate of drug-likeness (QED) is 0.762. The fraction of sp³-hybridized carbons (Fsp3) is 0.533. The number of phenolic OH excluding ortho intramolecular Hbond substituents is 1. The molecule has 0 radical (unpaired) electrons. The average Bonchev–Trinajstić information content (AvgIpc) is 2.31. The third-order valence-corrected chi connectivity index (χ3v) is 4.43. The number of phenols is 1. The number of carbonyl (C=O) groups is 1. The lowest BCUT2D eigenvalue weighted by molar-refractivity contribution is 0.000837. The van der Waals surface area contributed by atoms with Crippen molar-refractivity contribution >= 4 is 39.3 Å². The number of aromatic hydroxyl groups is 1. The van der Waals surface area contributed by atoms with Crippen molar-refractivity contribution in [1.82, 2.24) is 4.90 Å². The zero-order valence-corrected chi connectivity index (χ0v) is 15.2. The highest BCUT2D eigenvalue weighted by Crippen LogP contribution is 2.34. The number of ether oxygens (including phenoxy) is 1. The highest BCUT2D eigenvalue weighted by Gasteiger charge is 2.33. The van der Waals surface area contributed by atoms with Crippen LogP contribution >= 0.6 is 27.5 Å². The monoisotopic (exact) mass is 390 g/mol. The van der Waals surface area contributed by atoms with Gasteiger partial charge in [-0.2, -0.15) is 0 Å². The van der Waals surface area contributed by atoms with E-state index in [2.05, 4.69) is 21.2 Å². The molecule has 1 aromatic rings. The SMILES string of the molecule is CC(C)(C)OC(=O)N1CC(CNc2cc(Cl)c(Br)cc2O)C1. The Morgan fingerprint density at radius 1 is 1.50 bits per heavy atom. The summed E-state index contributed by atoms with van der Waals surface area (Å²) in [6.07, 6.45) is -0.279. The molecule has 7 heteroatoms. The number of hydrogen-bond donors (Lipinski definition) is 2. The number of carbonyl (C=O) groups excluding carboxylic acids is 1. The molecule has 2 rings (SSSR count). The van der Waals surface area contributed by atoms with Gasteiger partial charge >= 0.3 is 6.09 Å². The summed E-state index contributed by atoms with van der Waals surface area (Å²) in [6.45, 7) is 7.50. The van der Waals surface area contributed by atoms with Crippen molar-refractivity contribution < 1.29 is 14.6 Å². The number of anilines is 1. The summed E-state index contributed by atoms with van der Waals surface area (Å²) in [5.74, 6) is 0.467. The van der Waals surface area contributed by atoms with Crippen LogP contribution in [0.3, 0.4) is 0 Å². The summed E-state index contributed by atoms with van der Waals surface area (Å²) in [4.78, 5) is 13.5. The normalized spacial score (nSPS) is 15.4. The lowest BCUT2D eigenvalue weighted by Gasteiger charge is -2.40. The molecule has 1 amide bonds. The second-order valence-corrected chi connectivity index (χ2v) is 7.68. The number of hydrogen-bond acceptors (Lipinski definition) is 4. The largest absolute Gasteiger partial charge is 0.506 e. The van der Waals surface area contributed by atoms with Gasteiger partial charge < -0.3 is 20.1 Å². The molecular formula is C15H20BrClN2O3. The standard InChI is InChI=1S/C15H20BrClN2O3/c1-15(2,3)22-14(21)19-7-9(8-19)6-18-12-5-11(17)10(16)4-13(12)20/h4-5,9,18,20H,6-8H2,1-3H3. The molecule has 0 bridgehead atoms. The van der Waals surface area contributed by atoms with Crippen LogP contribution in [0.4, 0.5) is 10.5 Å². The molecule has 1 aliphatic heterocycles. The lowest BCUT2D eigenvalue weighted by atomic mass is 10.0. The molecule has 22 heavy (non-hydrogen) atoms. The summed E-state index contributed by atoms with van der Waals surface area (Å²) in [6, 6.07) is 3.23. The van der Waals surface area contributed by atoms with Crippen LogP contribution in [0.2, 0.25) is 5.02 Å². The van der Waals surface area contributed by atoms with E-state index >= 15 is 0 Å². The van der Waals surface area contributed by atoms with Crippen LogP contribution in [-0.4, -0.2) is 41.3 Å². The minimum Gasteiger partial charge on any atom is -0.506 e. The molecule has 122 valence electrons. The highest BCUT2D eigenvalue weighted by molar-refractivity contribution is 9.10. The van der Waals surface area contributed by atoms with Gasteiger partial charge in [-0.15, -0.1) is 0 Å². The maximum Gasteiger partial charge on any atom is 0.410 e. The van der Waals surface area contributed by atoms with Gasteiger partial charge in [-0.3, -0.25) is 0 Å². The van der Waals surface area contributed by atoms with E-state index in [0.717, 1.165) is 0 Å². The maximum absolute atomic E-state index is 11.8. The fourth-order valence-corrected chi connectivity index (χ4v) is 2.60. The number of benzene rings is 1. The Morgan fingerprint density at radius 2 is 2.14 bits per heavy atom. The van der Waals surface area contributed by atoms with Gasteiger partial charge in [0.25, 0.3) is 0 Å². The van der Waals surface area contributed by atoms with E-state index in [1.807, 2.05) is 20.8 Å². The van der Waals surface area contributed by atoms with E-state index in [-0.39, 0.29) is 11.8 Å². The molecular weight excluding hydrogens is 372 g/mol. The van der Waals surface area contributed by atoms with Crippen molar-refractivity contribution in [2.45, 2.75) is 26.4 Å². The first-order valence-electron chi connectivity index (χ1n) is 7.05. The maximum atomic E-state index is 11.8. The molecule has 1 aromatic carbocycles. The summed E-state index contributed by atoms with van der Waals surface area (Å²) >= 11 is 9.26. The van der Waals surface area contributed by atoms with Crippen LogP contribution in [0.25, 0.3) is 0 Å². The van der Waals surface area contributed by atoms with E-state index in [1.54, 1.807) is 17.0 Å². The van der Waals surface area contributed by atoms with Gasteiger partial charge in [-0.25, -0.2) is 4.79 Å². The molecule has 1 fully saturated rings. The summed E-state index contributed by atoms with van der Waals surface area (Å²) in [7, 11) is 0. The van der Waals surface area contributed by atoms with Crippen molar-refractivity contribution in [3.63, 3.8) is 0 Å². The fourth-order valence-electron chi connectivity index (χ4n) is 2.11. The molecule has 1 aliphatic rings. The number of likely N-dealkylation sites (tertiary alicyclic amines) is 1. The number of rotatable bonds is 3. The zero-order chi connectivity index (χ0) is 16.5. The van der Waals surface area contributed by atoms with Gasteiger partial charge in [0.1, 0.15) is 11.4 Å². The van der Waals surface area contributed by atoms with Crippen LogP contribution in [0.15, 0.2) is 16.6 Å². The van der Waals surface area contributed by atoms with Gasteiger partial charge in [-0.1, -0.05) is 11.6 Å². The topological polar surface area (TPSA) is 61.8 Å². The molecule has 0 atom stereocenters. The molecule has 1 heterocycles. The van der Waals surface area contributed by atoms with Gasteiger partial charge in [0.05, 0.1) is 10.7 Å². The second-order valence-electron chi connectivity index (χ2n) is 6.42. The van der Waals surface area contributed by atoms with E-state index < -0.39 is 5.60 Å². The first-order valence-corrected chi connectivity index (χ1v) is 8.22. The van der Waals surface area contributed by atoms with Crippen molar-refractivity contribution in [2.24, 2.45) is 5.92 Å². The number of halogens is 2. The predicted octanol–water partition coefficient (Wildman–Crippen LogP) is 4.09. The first-order chi connectivity index (χ1) is 10.2. The van der Waals surface area contributed by atoms with Crippen LogP contribution in [-0.2, 0) is 4.74 Å². The van der Waals surface area contributed by atoms with Crippen LogP contribution in [0, 0.1) is 5.92 Å². The van der Waals surface area contributed by atoms with Crippen molar-refractivity contribution in [2.75, 3.05) is 25.0 Å². The number of amides is 1. The van der Waals surface area contributed by atoms with Gasteiger partial charge in [0, 0.05) is 30.0 Å². The van der Waals surface area contributed by atoms with Gasteiger partial charge in [0.15, 0.2) is 0 Å². The Labute approximate surface area is 143 Å². The minimum atomic E-state index is -0.472. The lowest BCUT2D eigenvalue weighted by Crippen LogP contribution is -2.53. The third kappa shape index (κ3) is 4.43. The number of nitrogens with zero attached hydrogens (tertiary/aromatic N) is 1. The second kappa shape index (κ2) is 6.54.